The molecule has 0 atom stereocenters. The molecule has 0 radical (unpaired) electrons. The first-order valence-corrected chi connectivity index (χ1v) is 9.89. The number of hydrogen-bond acceptors (Lipinski definition) is 6. The van der Waals surface area contributed by atoms with E-state index in [0.717, 1.165) is 35.9 Å². The van der Waals surface area contributed by atoms with Crippen molar-refractivity contribution >= 4 is 34.9 Å². The van der Waals surface area contributed by atoms with Crippen molar-refractivity contribution in [3.05, 3.63) is 80.6 Å². The van der Waals surface area contributed by atoms with Crippen LogP contribution in [-0.2, 0) is 22.4 Å². The van der Waals surface area contributed by atoms with E-state index < -0.39 is 23.4 Å². The van der Waals surface area contributed by atoms with Crippen molar-refractivity contribution in [2.75, 3.05) is 11.9 Å². The van der Waals surface area contributed by atoms with E-state index in [2.05, 4.69) is 10.4 Å². The number of para-hydroxylation sites is 1. The Hall–Kier alpha value is -3.72. The summed E-state index contributed by atoms with van der Waals surface area (Å²) in [5.74, 6) is -1.32. The van der Waals surface area contributed by atoms with Gasteiger partial charge in [0.15, 0.2) is 12.3 Å². The number of nitro groups is 1. The van der Waals surface area contributed by atoms with Gasteiger partial charge in [-0.3, -0.25) is 14.9 Å². The van der Waals surface area contributed by atoms with Gasteiger partial charge in [0, 0.05) is 23.0 Å². The first-order valence-electron chi connectivity index (χ1n) is 9.51. The van der Waals surface area contributed by atoms with Gasteiger partial charge in [-0.1, -0.05) is 29.8 Å². The fourth-order valence-electron chi connectivity index (χ4n) is 3.51. The highest BCUT2D eigenvalue weighted by atomic mass is 35.5. The van der Waals surface area contributed by atoms with Crippen LogP contribution in [0, 0.1) is 10.1 Å². The van der Waals surface area contributed by atoms with Gasteiger partial charge >= 0.3 is 5.97 Å². The van der Waals surface area contributed by atoms with E-state index in [1.54, 1.807) is 4.68 Å². The number of ether oxygens (including phenoxy) is 1. The average molecular weight is 441 g/mol. The molecule has 0 fully saturated rings. The van der Waals surface area contributed by atoms with Crippen molar-refractivity contribution in [2.24, 2.45) is 0 Å². The van der Waals surface area contributed by atoms with Gasteiger partial charge in [0.05, 0.1) is 10.6 Å². The molecule has 1 amide bonds. The van der Waals surface area contributed by atoms with Gasteiger partial charge in [-0.05, 0) is 43.5 Å². The van der Waals surface area contributed by atoms with Crippen molar-refractivity contribution in [2.45, 2.75) is 19.3 Å². The SMILES string of the molecule is O=C(COC(=O)c1nn(-c2ccccc2)c2c1CCC2)Nc1ccc(Cl)c([N+](=O)[O-])c1. The normalized spacial score (nSPS) is 12.3. The number of fused-ring (bicyclic) bond motifs is 1. The summed E-state index contributed by atoms with van der Waals surface area (Å²) in [4.78, 5) is 35.1. The molecule has 1 aromatic heterocycles. The van der Waals surface area contributed by atoms with Crippen LogP contribution in [0.25, 0.3) is 5.69 Å². The summed E-state index contributed by atoms with van der Waals surface area (Å²) in [6.45, 7) is -0.553. The topological polar surface area (TPSA) is 116 Å². The zero-order valence-electron chi connectivity index (χ0n) is 16.2. The fourth-order valence-corrected chi connectivity index (χ4v) is 3.70. The van der Waals surface area contributed by atoms with E-state index in [-0.39, 0.29) is 22.1 Å². The molecule has 0 unspecified atom stereocenters. The second-order valence-electron chi connectivity index (χ2n) is 6.92. The molecule has 10 heteroatoms. The number of carbonyl (C=O) groups is 2. The summed E-state index contributed by atoms with van der Waals surface area (Å²) >= 11 is 5.76. The minimum absolute atomic E-state index is 0.0442. The molecule has 3 aromatic rings. The quantitative estimate of drug-likeness (QED) is 0.354. The largest absolute Gasteiger partial charge is 0.451 e. The third kappa shape index (κ3) is 4.26. The van der Waals surface area contributed by atoms with Crippen molar-refractivity contribution in [1.82, 2.24) is 9.78 Å². The maximum absolute atomic E-state index is 12.6. The van der Waals surface area contributed by atoms with Crippen LogP contribution in [0.4, 0.5) is 11.4 Å². The summed E-state index contributed by atoms with van der Waals surface area (Å²) < 4.78 is 6.89. The van der Waals surface area contributed by atoms with Crippen molar-refractivity contribution < 1.29 is 19.2 Å². The molecule has 4 rings (SSSR count). The molecule has 0 bridgehead atoms. The van der Waals surface area contributed by atoms with E-state index in [9.17, 15) is 19.7 Å². The van der Waals surface area contributed by atoms with E-state index in [1.807, 2.05) is 30.3 Å². The molecule has 1 heterocycles. The number of carbonyl (C=O) groups excluding carboxylic acids is 2. The van der Waals surface area contributed by atoms with E-state index in [1.165, 1.54) is 12.1 Å². The molecule has 9 nitrogen and oxygen atoms in total. The minimum atomic E-state index is -0.690. The maximum atomic E-state index is 12.6. The number of benzene rings is 2. The molecule has 0 spiro atoms. The number of hydrogen-bond donors (Lipinski definition) is 1. The lowest BCUT2D eigenvalue weighted by atomic mass is 10.2. The number of nitrogens with zero attached hydrogens (tertiary/aromatic N) is 3. The minimum Gasteiger partial charge on any atom is -0.451 e. The first-order chi connectivity index (χ1) is 14.9. The number of nitro benzene ring substituents is 1. The van der Waals surface area contributed by atoms with Crippen LogP contribution in [0.5, 0.6) is 0 Å². The Morgan fingerprint density at radius 1 is 1.19 bits per heavy atom. The molecule has 2 aromatic carbocycles. The van der Waals surface area contributed by atoms with Crippen LogP contribution in [-0.4, -0.2) is 33.2 Å². The maximum Gasteiger partial charge on any atom is 0.359 e. The van der Waals surface area contributed by atoms with E-state index in [4.69, 9.17) is 16.3 Å². The summed E-state index contributed by atoms with van der Waals surface area (Å²) in [5, 5.41) is 17.8. The molecule has 1 aliphatic carbocycles. The van der Waals surface area contributed by atoms with Gasteiger partial charge in [-0.15, -0.1) is 0 Å². The lowest BCUT2D eigenvalue weighted by Crippen LogP contribution is -2.21. The van der Waals surface area contributed by atoms with Gasteiger partial charge in [0.25, 0.3) is 11.6 Å². The molecular formula is C21H17ClN4O5. The molecule has 0 saturated carbocycles. The van der Waals surface area contributed by atoms with Crippen molar-refractivity contribution in [3.63, 3.8) is 0 Å². The number of amides is 1. The highest BCUT2D eigenvalue weighted by Gasteiger charge is 2.28. The lowest BCUT2D eigenvalue weighted by Gasteiger charge is -2.07. The number of rotatable bonds is 6. The summed E-state index contributed by atoms with van der Waals surface area (Å²) in [5.41, 5.74) is 2.69. The van der Waals surface area contributed by atoms with E-state index in [0.29, 0.717) is 6.42 Å². The predicted octanol–water partition coefficient (Wildman–Crippen LogP) is 3.72. The molecule has 31 heavy (non-hydrogen) atoms. The molecule has 0 aliphatic heterocycles. The smallest absolute Gasteiger partial charge is 0.359 e. The van der Waals surface area contributed by atoms with Gasteiger partial charge < -0.3 is 10.1 Å². The van der Waals surface area contributed by atoms with Gasteiger partial charge in [0.2, 0.25) is 0 Å². The Morgan fingerprint density at radius 3 is 2.71 bits per heavy atom. The van der Waals surface area contributed by atoms with Crippen LogP contribution in [0.2, 0.25) is 5.02 Å². The first kappa shape index (κ1) is 20.5. The Labute approximate surface area is 181 Å². The van der Waals surface area contributed by atoms with Crippen LogP contribution in [0.3, 0.4) is 0 Å². The number of aromatic nitrogens is 2. The lowest BCUT2D eigenvalue weighted by molar-refractivity contribution is -0.384. The second-order valence-corrected chi connectivity index (χ2v) is 7.33. The number of nitrogens with one attached hydrogen (secondary N) is 1. The Bertz CT molecular complexity index is 1180. The van der Waals surface area contributed by atoms with Gasteiger partial charge in [-0.25, -0.2) is 9.48 Å². The van der Waals surface area contributed by atoms with Crippen molar-refractivity contribution in [3.8, 4) is 5.69 Å². The average Bonchev–Trinajstić information content (AvgIpc) is 3.37. The van der Waals surface area contributed by atoms with Crippen LogP contribution in [0.15, 0.2) is 48.5 Å². The molecule has 0 saturated heterocycles. The molecule has 158 valence electrons. The van der Waals surface area contributed by atoms with Crippen LogP contribution >= 0.6 is 11.6 Å². The zero-order chi connectivity index (χ0) is 22.0. The monoisotopic (exact) mass is 440 g/mol. The highest BCUT2D eigenvalue weighted by molar-refractivity contribution is 6.32. The third-order valence-corrected chi connectivity index (χ3v) is 5.20. The highest BCUT2D eigenvalue weighted by Crippen LogP contribution is 2.29. The summed E-state index contributed by atoms with van der Waals surface area (Å²) in [6, 6.07) is 13.3. The Kier molecular flexibility index (Phi) is 5.68. The van der Waals surface area contributed by atoms with Gasteiger partial charge in [-0.2, -0.15) is 5.10 Å². The fraction of sp³-hybridized carbons (Fsp3) is 0.190. The predicted molar refractivity (Wildman–Crippen MR) is 113 cm³/mol. The molecule has 1 aliphatic rings. The molecular weight excluding hydrogens is 424 g/mol. The summed E-state index contributed by atoms with van der Waals surface area (Å²) in [7, 11) is 0. The number of anilines is 1. The van der Waals surface area contributed by atoms with E-state index >= 15 is 0 Å². The zero-order valence-corrected chi connectivity index (χ0v) is 17.0. The Balaban J connectivity index is 1.44. The second kappa shape index (κ2) is 8.57. The standard InChI is InChI=1S/C21H17ClN4O5/c22-16-10-9-13(11-18(16)26(29)30)23-19(27)12-31-21(28)20-15-7-4-8-17(15)25(24-20)14-5-2-1-3-6-14/h1-3,5-6,9-11H,4,7-8,12H2,(H,23,27). The third-order valence-electron chi connectivity index (χ3n) is 4.89. The number of esters is 1. The van der Waals surface area contributed by atoms with Crippen molar-refractivity contribution in [1.29, 1.82) is 0 Å². The Morgan fingerprint density at radius 2 is 1.97 bits per heavy atom. The van der Waals surface area contributed by atoms with Gasteiger partial charge in [0.1, 0.15) is 5.02 Å². The number of halogens is 1. The van der Waals surface area contributed by atoms with Crippen LogP contribution in [0.1, 0.15) is 28.2 Å². The van der Waals surface area contributed by atoms with Crippen LogP contribution < -0.4 is 5.32 Å². The molecule has 1 N–H and O–H groups in total. The summed E-state index contributed by atoms with van der Waals surface area (Å²) in [6.07, 6.45) is 2.43.